The lowest BCUT2D eigenvalue weighted by molar-refractivity contribution is 0.461. The van der Waals surface area contributed by atoms with Crippen molar-refractivity contribution < 1.29 is 8.81 Å². The van der Waals surface area contributed by atoms with E-state index in [1.54, 1.807) is 12.1 Å². The Kier molecular flexibility index (Phi) is 3.97. The molecule has 17 heavy (non-hydrogen) atoms. The van der Waals surface area contributed by atoms with Crippen molar-refractivity contribution in [1.29, 1.82) is 0 Å². The number of aryl methyl sites for hydroxylation is 1. The lowest BCUT2D eigenvalue weighted by Gasteiger charge is -2.04. The van der Waals surface area contributed by atoms with Gasteiger partial charge >= 0.3 is 0 Å². The maximum absolute atomic E-state index is 13.0. The first-order chi connectivity index (χ1) is 8.15. The Morgan fingerprint density at radius 3 is 2.71 bits per heavy atom. The van der Waals surface area contributed by atoms with Gasteiger partial charge < -0.3 is 9.73 Å². The van der Waals surface area contributed by atoms with Crippen LogP contribution in [0.4, 0.5) is 4.39 Å². The molecule has 0 saturated carbocycles. The van der Waals surface area contributed by atoms with Gasteiger partial charge in [-0.25, -0.2) is 4.39 Å². The van der Waals surface area contributed by atoms with Gasteiger partial charge in [0.05, 0.1) is 11.0 Å². The average Bonchev–Trinajstić information content (AvgIpc) is 2.70. The molecule has 0 bridgehead atoms. The predicted octanol–water partition coefficient (Wildman–Crippen LogP) is 3.78. The molecule has 0 aliphatic carbocycles. The molecule has 1 heterocycles. The summed E-state index contributed by atoms with van der Waals surface area (Å²) in [6.45, 7) is 3.27. The van der Waals surface area contributed by atoms with Crippen LogP contribution in [-0.2, 0) is 13.1 Å². The molecule has 0 fully saturated rings. The van der Waals surface area contributed by atoms with E-state index in [0.29, 0.717) is 17.6 Å². The molecule has 0 spiro atoms. The maximum Gasteiger partial charge on any atom is 0.137 e. The molecule has 1 aromatic heterocycles. The van der Waals surface area contributed by atoms with Crippen LogP contribution in [0.15, 0.2) is 39.2 Å². The second-order valence-corrected chi connectivity index (χ2v) is 4.72. The zero-order valence-electron chi connectivity index (χ0n) is 9.47. The van der Waals surface area contributed by atoms with Crippen molar-refractivity contribution in [3.8, 4) is 0 Å². The SMILES string of the molecule is Cc1ccc(CNCc2ccc(F)c(Br)c2)o1. The number of halogens is 2. The molecule has 0 radical (unpaired) electrons. The van der Waals surface area contributed by atoms with Crippen molar-refractivity contribution in [2.45, 2.75) is 20.0 Å². The number of furan rings is 1. The molecular formula is C13H13BrFNO. The molecule has 1 N–H and O–H groups in total. The van der Waals surface area contributed by atoms with Gasteiger partial charge in [-0.3, -0.25) is 0 Å². The summed E-state index contributed by atoms with van der Waals surface area (Å²) in [5.41, 5.74) is 1.03. The average molecular weight is 298 g/mol. The topological polar surface area (TPSA) is 25.2 Å². The van der Waals surface area contributed by atoms with E-state index in [0.717, 1.165) is 17.1 Å². The highest BCUT2D eigenvalue weighted by molar-refractivity contribution is 9.10. The van der Waals surface area contributed by atoms with Gasteiger partial charge in [-0.05, 0) is 52.7 Å². The van der Waals surface area contributed by atoms with E-state index in [-0.39, 0.29) is 5.82 Å². The number of hydrogen-bond acceptors (Lipinski definition) is 2. The van der Waals surface area contributed by atoms with Crippen LogP contribution in [0.2, 0.25) is 0 Å². The summed E-state index contributed by atoms with van der Waals surface area (Å²) < 4.78 is 18.9. The molecule has 90 valence electrons. The molecule has 0 amide bonds. The molecule has 2 aromatic rings. The Bertz CT molecular complexity index is 510. The summed E-state index contributed by atoms with van der Waals surface area (Å²) in [5, 5.41) is 3.24. The molecule has 0 saturated heterocycles. The van der Waals surface area contributed by atoms with Gasteiger partial charge in [0.25, 0.3) is 0 Å². The summed E-state index contributed by atoms with van der Waals surface area (Å²) in [6.07, 6.45) is 0. The highest BCUT2D eigenvalue weighted by Crippen LogP contribution is 2.16. The van der Waals surface area contributed by atoms with Crippen LogP contribution in [-0.4, -0.2) is 0 Å². The summed E-state index contributed by atoms with van der Waals surface area (Å²) >= 11 is 3.16. The van der Waals surface area contributed by atoms with E-state index in [1.807, 2.05) is 19.1 Å². The van der Waals surface area contributed by atoms with E-state index in [2.05, 4.69) is 21.2 Å². The minimum atomic E-state index is -0.240. The van der Waals surface area contributed by atoms with Crippen LogP contribution >= 0.6 is 15.9 Å². The van der Waals surface area contributed by atoms with Gasteiger partial charge in [-0.2, -0.15) is 0 Å². The Morgan fingerprint density at radius 2 is 2.06 bits per heavy atom. The van der Waals surface area contributed by atoms with Crippen LogP contribution in [0.5, 0.6) is 0 Å². The second kappa shape index (κ2) is 5.47. The van der Waals surface area contributed by atoms with Crippen molar-refractivity contribution >= 4 is 15.9 Å². The third-order valence-corrected chi connectivity index (χ3v) is 3.02. The fraction of sp³-hybridized carbons (Fsp3) is 0.231. The van der Waals surface area contributed by atoms with Gasteiger partial charge in [-0.1, -0.05) is 6.07 Å². The standard InChI is InChI=1S/C13H13BrFNO/c1-9-2-4-11(17-9)8-16-7-10-3-5-13(15)12(14)6-10/h2-6,16H,7-8H2,1H3. The smallest absolute Gasteiger partial charge is 0.137 e. The molecular weight excluding hydrogens is 285 g/mol. The minimum Gasteiger partial charge on any atom is -0.465 e. The Hall–Kier alpha value is -1.13. The van der Waals surface area contributed by atoms with Crippen LogP contribution in [0.3, 0.4) is 0 Å². The minimum absolute atomic E-state index is 0.240. The molecule has 1 aromatic carbocycles. The van der Waals surface area contributed by atoms with E-state index in [4.69, 9.17) is 4.42 Å². The monoisotopic (exact) mass is 297 g/mol. The summed E-state index contributed by atoms with van der Waals surface area (Å²) in [6, 6.07) is 8.88. The number of hydrogen-bond donors (Lipinski definition) is 1. The van der Waals surface area contributed by atoms with Crippen molar-refractivity contribution in [1.82, 2.24) is 5.32 Å². The third kappa shape index (κ3) is 3.41. The van der Waals surface area contributed by atoms with Gasteiger partial charge in [0.2, 0.25) is 0 Å². The van der Waals surface area contributed by atoms with Crippen molar-refractivity contribution in [3.05, 3.63) is 57.7 Å². The lowest BCUT2D eigenvalue weighted by Crippen LogP contribution is -2.12. The van der Waals surface area contributed by atoms with E-state index < -0.39 is 0 Å². The maximum atomic E-state index is 13.0. The van der Waals surface area contributed by atoms with Crippen LogP contribution < -0.4 is 5.32 Å². The largest absolute Gasteiger partial charge is 0.465 e. The lowest BCUT2D eigenvalue weighted by atomic mass is 10.2. The fourth-order valence-electron chi connectivity index (χ4n) is 1.56. The first-order valence-electron chi connectivity index (χ1n) is 5.35. The zero-order chi connectivity index (χ0) is 12.3. The number of benzene rings is 1. The molecule has 4 heteroatoms. The first kappa shape index (κ1) is 12.3. The quantitative estimate of drug-likeness (QED) is 0.929. The highest BCUT2D eigenvalue weighted by Gasteiger charge is 2.01. The van der Waals surface area contributed by atoms with Gasteiger partial charge in [0.1, 0.15) is 17.3 Å². The summed E-state index contributed by atoms with van der Waals surface area (Å²) in [4.78, 5) is 0. The van der Waals surface area contributed by atoms with E-state index in [9.17, 15) is 4.39 Å². The molecule has 2 nitrogen and oxygen atoms in total. The summed E-state index contributed by atoms with van der Waals surface area (Å²) in [7, 11) is 0. The molecule has 0 atom stereocenters. The predicted molar refractivity (Wildman–Crippen MR) is 68.1 cm³/mol. The van der Waals surface area contributed by atoms with Gasteiger partial charge in [-0.15, -0.1) is 0 Å². The van der Waals surface area contributed by atoms with Crippen LogP contribution in [0, 0.1) is 12.7 Å². The van der Waals surface area contributed by atoms with Crippen LogP contribution in [0.1, 0.15) is 17.1 Å². The van der Waals surface area contributed by atoms with Gasteiger partial charge in [0.15, 0.2) is 0 Å². The normalized spacial score (nSPS) is 10.8. The second-order valence-electron chi connectivity index (χ2n) is 3.86. The van der Waals surface area contributed by atoms with Crippen molar-refractivity contribution in [3.63, 3.8) is 0 Å². The highest BCUT2D eigenvalue weighted by atomic mass is 79.9. The fourth-order valence-corrected chi connectivity index (χ4v) is 1.99. The van der Waals surface area contributed by atoms with Gasteiger partial charge in [0, 0.05) is 6.54 Å². The zero-order valence-corrected chi connectivity index (χ0v) is 11.1. The van der Waals surface area contributed by atoms with Crippen LogP contribution in [0.25, 0.3) is 0 Å². The van der Waals surface area contributed by atoms with Crippen molar-refractivity contribution in [2.24, 2.45) is 0 Å². The molecule has 2 rings (SSSR count). The number of nitrogens with one attached hydrogen (secondary N) is 1. The molecule has 0 aliphatic heterocycles. The summed E-state index contributed by atoms with van der Waals surface area (Å²) in [5.74, 6) is 1.57. The Morgan fingerprint density at radius 1 is 1.24 bits per heavy atom. The van der Waals surface area contributed by atoms with E-state index in [1.165, 1.54) is 6.07 Å². The Labute approximate surface area is 108 Å². The van der Waals surface area contributed by atoms with E-state index >= 15 is 0 Å². The molecule has 0 aliphatic rings. The third-order valence-electron chi connectivity index (χ3n) is 2.41. The molecule has 0 unspecified atom stereocenters. The Balaban J connectivity index is 1.87. The van der Waals surface area contributed by atoms with Crippen molar-refractivity contribution in [2.75, 3.05) is 0 Å². The number of rotatable bonds is 4. The first-order valence-corrected chi connectivity index (χ1v) is 6.14.